The maximum absolute atomic E-state index is 11.9. The van der Waals surface area contributed by atoms with E-state index in [4.69, 9.17) is 4.74 Å². The summed E-state index contributed by atoms with van der Waals surface area (Å²) in [6.07, 6.45) is -4.92. The molecule has 0 fully saturated rings. The third kappa shape index (κ3) is 6.49. The van der Waals surface area contributed by atoms with Crippen LogP contribution in [0.5, 0.6) is 5.75 Å². The van der Waals surface area contributed by atoms with Gasteiger partial charge in [0.1, 0.15) is 5.75 Å². The van der Waals surface area contributed by atoms with Crippen LogP contribution in [0.4, 0.5) is 13.2 Å². The van der Waals surface area contributed by atoms with Crippen molar-refractivity contribution in [3.05, 3.63) is 29.8 Å². The Bertz CT molecular complexity index is 352. The molecular formula is C13H18F3NO. The van der Waals surface area contributed by atoms with Crippen LogP contribution in [0.15, 0.2) is 24.3 Å². The van der Waals surface area contributed by atoms with E-state index in [1.165, 1.54) is 0 Å². The molecule has 0 aliphatic rings. The Morgan fingerprint density at radius 2 is 2.06 bits per heavy atom. The molecule has 2 nitrogen and oxygen atoms in total. The highest BCUT2D eigenvalue weighted by molar-refractivity contribution is 5.28. The third-order valence-corrected chi connectivity index (χ3v) is 2.35. The first-order valence-corrected chi connectivity index (χ1v) is 6.00. The van der Waals surface area contributed by atoms with Gasteiger partial charge in [0.15, 0.2) is 0 Å². The molecule has 0 heterocycles. The normalized spacial score (nSPS) is 11.6. The lowest BCUT2D eigenvalue weighted by molar-refractivity contribution is -0.136. The Hall–Kier alpha value is -1.23. The predicted molar refractivity (Wildman–Crippen MR) is 64.6 cm³/mol. The fourth-order valence-electron chi connectivity index (χ4n) is 1.48. The minimum atomic E-state index is -4.10. The topological polar surface area (TPSA) is 21.3 Å². The van der Waals surface area contributed by atoms with Crippen molar-refractivity contribution in [3.63, 3.8) is 0 Å². The smallest absolute Gasteiger partial charge is 0.389 e. The van der Waals surface area contributed by atoms with Crippen LogP contribution in [0.1, 0.15) is 25.3 Å². The molecule has 0 amide bonds. The average molecular weight is 261 g/mol. The Kier molecular flexibility index (Phi) is 5.98. The summed E-state index contributed by atoms with van der Waals surface area (Å²) in [5.41, 5.74) is 1.06. The summed E-state index contributed by atoms with van der Waals surface area (Å²) in [4.78, 5) is 0. The van der Waals surface area contributed by atoms with Gasteiger partial charge in [0.25, 0.3) is 0 Å². The molecule has 0 saturated carbocycles. The standard InChI is InChI=1S/C13H18F3NO/c1-2-17-10-11-5-3-6-12(9-11)18-8-4-7-13(14,15)16/h3,5-6,9,17H,2,4,7-8,10H2,1H3. The van der Waals surface area contributed by atoms with E-state index in [-0.39, 0.29) is 13.0 Å². The number of hydrogen-bond donors (Lipinski definition) is 1. The summed E-state index contributed by atoms with van der Waals surface area (Å²) in [6, 6.07) is 7.39. The van der Waals surface area contributed by atoms with Crippen molar-refractivity contribution >= 4 is 0 Å². The van der Waals surface area contributed by atoms with Crippen LogP contribution in [-0.4, -0.2) is 19.3 Å². The van der Waals surface area contributed by atoms with Gasteiger partial charge >= 0.3 is 6.18 Å². The second-order valence-electron chi connectivity index (χ2n) is 3.99. The van der Waals surface area contributed by atoms with Crippen LogP contribution >= 0.6 is 0 Å². The van der Waals surface area contributed by atoms with Crippen LogP contribution in [0, 0.1) is 0 Å². The molecule has 0 spiro atoms. The number of nitrogens with one attached hydrogen (secondary N) is 1. The third-order valence-electron chi connectivity index (χ3n) is 2.35. The second-order valence-corrected chi connectivity index (χ2v) is 3.99. The van der Waals surface area contributed by atoms with E-state index in [1.54, 1.807) is 6.07 Å². The first-order chi connectivity index (χ1) is 8.51. The highest BCUT2D eigenvalue weighted by Crippen LogP contribution is 2.21. The molecule has 102 valence electrons. The summed E-state index contributed by atoms with van der Waals surface area (Å²) in [5.74, 6) is 0.618. The van der Waals surface area contributed by atoms with Crippen molar-refractivity contribution in [1.29, 1.82) is 0 Å². The number of rotatable bonds is 7. The van der Waals surface area contributed by atoms with E-state index in [1.807, 2.05) is 25.1 Å². The van der Waals surface area contributed by atoms with Crippen molar-refractivity contribution in [2.75, 3.05) is 13.2 Å². The Labute approximate surface area is 105 Å². The monoisotopic (exact) mass is 261 g/mol. The van der Waals surface area contributed by atoms with Gasteiger partial charge in [0.2, 0.25) is 0 Å². The van der Waals surface area contributed by atoms with Crippen LogP contribution in [0.2, 0.25) is 0 Å². The maximum Gasteiger partial charge on any atom is 0.389 e. The summed E-state index contributed by atoms with van der Waals surface area (Å²) in [7, 11) is 0. The minimum Gasteiger partial charge on any atom is -0.494 e. The van der Waals surface area contributed by atoms with Gasteiger partial charge in [-0.2, -0.15) is 13.2 Å². The molecule has 0 aliphatic carbocycles. The summed E-state index contributed by atoms with van der Waals surface area (Å²) < 4.78 is 41.1. The summed E-state index contributed by atoms with van der Waals surface area (Å²) in [5, 5.41) is 3.17. The number of alkyl halides is 3. The molecule has 1 N–H and O–H groups in total. The Morgan fingerprint density at radius 1 is 1.28 bits per heavy atom. The molecular weight excluding hydrogens is 243 g/mol. The molecule has 1 aromatic carbocycles. The average Bonchev–Trinajstić information content (AvgIpc) is 2.31. The lowest BCUT2D eigenvalue weighted by Gasteiger charge is -2.09. The highest BCUT2D eigenvalue weighted by Gasteiger charge is 2.26. The fraction of sp³-hybridized carbons (Fsp3) is 0.538. The van der Waals surface area contributed by atoms with Crippen molar-refractivity contribution in [1.82, 2.24) is 5.32 Å². The van der Waals surface area contributed by atoms with E-state index < -0.39 is 12.6 Å². The van der Waals surface area contributed by atoms with Crippen LogP contribution in [0.3, 0.4) is 0 Å². The van der Waals surface area contributed by atoms with Gasteiger partial charge in [-0.05, 0) is 30.7 Å². The predicted octanol–water partition coefficient (Wildman–Crippen LogP) is 3.52. The quantitative estimate of drug-likeness (QED) is 0.758. The van der Waals surface area contributed by atoms with Gasteiger partial charge in [0, 0.05) is 13.0 Å². The first-order valence-electron chi connectivity index (χ1n) is 6.00. The highest BCUT2D eigenvalue weighted by atomic mass is 19.4. The van der Waals surface area contributed by atoms with Gasteiger partial charge < -0.3 is 10.1 Å². The van der Waals surface area contributed by atoms with Gasteiger partial charge in [-0.15, -0.1) is 0 Å². The molecule has 0 aromatic heterocycles. The van der Waals surface area contributed by atoms with Gasteiger partial charge in [-0.3, -0.25) is 0 Å². The molecule has 5 heteroatoms. The van der Waals surface area contributed by atoms with E-state index in [0.717, 1.165) is 18.7 Å². The van der Waals surface area contributed by atoms with Crippen molar-refractivity contribution in [2.45, 2.75) is 32.5 Å². The molecule has 0 unspecified atom stereocenters. The molecule has 0 aliphatic heterocycles. The van der Waals surface area contributed by atoms with Crippen molar-refractivity contribution < 1.29 is 17.9 Å². The van der Waals surface area contributed by atoms with Crippen LogP contribution in [0.25, 0.3) is 0 Å². The number of ether oxygens (including phenoxy) is 1. The van der Waals surface area contributed by atoms with Crippen molar-refractivity contribution in [2.24, 2.45) is 0 Å². The van der Waals surface area contributed by atoms with Crippen molar-refractivity contribution in [3.8, 4) is 5.75 Å². The van der Waals surface area contributed by atoms with Gasteiger partial charge in [0.05, 0.1) is 6.61 Å². The molecule has 1 aromatic rings. The fourth-order valence-corrected chi connectivity index (χ4v) is 1.48. The molecule has 0 atom stereocenters. The molecule has 1 rings (SSSR count). The Morgan fingerprint density at radius 3 is 2.72 bits per heavy atom. The Balaban J connectivity index is 2.33. The SMILES string of the molecule is CCNCc1cccc(OCCCC(F)(F)F)c1. The number of benzene rings is 1. The van der Waals surface area contributed by atoms with E-state index >= 15 is 0 Å². The second kappa shape index (κ2) is 7.26. The molecule has 0 bridgehead atoms. The van der Waals surface area contributed by atoms with Gasteiger partial charge in [-0.1, -0.05) is 19.1 Å². The molecule has 0 saturated heterocycles. The summed E-state index contributed by atoms with van der Waals surface area (Å²) >= 11 is 0. The molecule has 18 heavy (non-hydrogen) atoms. The number of hydrogen-bond acceptors (Lipinski definition) is 2. The lowest BCUT2D eigenvalue weighted by Crippen LogP contribution is -2.12. The zero-order valence-electron chi connectivity index (χ0n) is 10.4. The largest absolute Gasteiger partial charge is 0.494 e. The maximum atomic E-state index is 11.9. The van der Waals surface area contributed by atoms with E-state index in [2.05, 4.69) is 5.32 Å². The summed E-state index contributed by atoms with van der Waals surface area (Å²) in [6.45, 7) is 3.70. The zero-order valence-corrected chi connectivity index (χ0v) is 10.4. The number of halogens is 3. The minimum absolute atomic E-state index is 0.0130. The van der Waals surface area contributed by atoms with Gasteiger partial charge in [-0.25, -0.2) is 0 Å². The van der Waals surface area contributed by atoms with Crippen LogP contribution < -0.4 is 10.1 Å². The molecule has 0 radical (unpaired) electrons. The first kappa shape index (κ1) is 14.8. The van der Waals surface area contributed by atoms with E-state index in [0.29, 0.717) is 5.75 Å². The van der Waals surface area contributed by atoms with E-state index in [9.17, 15) is 13.2 Å². The lowest BCUT2D eigenvalue weighted by atomic mass is 10.2. The van der Waals surface area contributed by atoms with Crippen LogP contribution in [-0.2, 0) is 6.54 Å². The zero-order chi connectivity index (χ0) is 13.4.